The van der Waals surface area contributed by atoms with Crippen LogP contribution in [-0.4, -0.2) is 61.1 Å². The molecule has 1 aliphatic rings. The first kappa shape index (κ1) is 16.8. The van der Waals surface area contributed by atoms with Crippen LogP contribution >= 0.6 is 11.8 Å². The number of carbonyl (C=O) groups excluding carboxylic acids is 2. The van der Waals surface area contributed by atoms with Crippen LogP contribution in [0.15, 0.2) is 12.4 Å². The number of aromatic nitrogens is 2. The van der Waals surface area contributed by atoms with Crippen LogP contribution < -0.4 is 5.32 Å². The van der Waals surface area contributed by atoms with E-state index in [-0.39, 0.29) is 25.0 Å². The summed E-state index contributed by atoms with van der Waals surface area (Å²) in [4.78, 5) is 30.4. The number of amides is 2. The Balaban J connectivity index is 2.07. The summed E-state index contributed by atoms with van der Waals surface area (Å²) in [6, 6.07) is -0.558. The smallest absolute Gasteiger partial charge is 0.246 e. The molecule has 2 heterocycles. The summed E-state index contributed by atoms with van der Waals surface area (Å²) >= 11 is 1.47. The third kappa shape index (κ3) is 3.61. The summed E-state index contributed by atoms with van der Waals surface area (Å²) in [5.41, 5.74) is 0. The molecule has 1 saturated heterocycles. The SMILES string of the molecule is Cn1ccnc1CN(CCO)C(=O)C1CSC(C)(C)C(=O)N1. The van der Waals surface area contributed by atoms with Crippen molar-refractivity contribution in [2.24, 2.45) is 7.05 Å². The Hall–Kier alpha value is -1.54. The van der Waals surface area contributed by atoms with Crippen LogP contribution in [0.2, 0.25) is 0 Å². The third-order valence-corrected chi connectivity index (χ3v) is 5.10. The summed E-state index contributed by atoms with van der Waals surface area (Å²) in [5.74, 6) is 0.938. The molecule has 0 radical (unpaired) electrons. The zero-order chi connectivity index (χ0) is 16.3. The maximum Gasteiger partial charge on any atom is 0.246 e. The van der Waals surface area contributed by atoms with Crippen molar-refractivity contribution in [3.05, 3.63) is 18.2 Å². The zero-order valence-corrected chi connectivity index (χ0v) is 13.9. The fourth-order valence-corrected chi connectivity index (χ4v) is 3.19. The Morgan fingerprint density at radius 2 is 2.36 bits per heavy atom. The Morgan fingerprint density at radius 1 is 1.64 bits per heavy atom. The van der Waals surface area contributed by atoms with Gasteiger partial charge in [0.25, 0.3) is 0 Å². The first-order chi connectivity index (χ1) is 10.3. The van der Waals surface area contributed by atoms with Gasteiger partial charge in [0.1, 0.15) is 11.9 Å². The van der Waals surface area contributed by atoms with Gasteiger partial charge in [-0.15, -0.1) is 11.8 Å². The molecule has 7 nitrogen and oxygen atoms in total. The molecule has 22 heavy (non-hydrogen) atoms. The second-order valence-electron chi connectivity index (χ2n) is 5.79. The second-order valence-corrected chi connectivity index (χ2v) is 7.43. The van der Waals surface area contributed by atoms with E-state index in [0.717, 1.165) is 5.82 Å². The number of thioether (sulfide) groups is 1. The van der Waals surface area contributed by atoms with E-state index in [9.17, 15) is 14.7 Å². The number of aliphatic hydroxyl groups excluding tert-OH is 1. The highest BCUT2D eigenvalue weighted by molar-refractivity contribution is 8.01. The highest BCUT2D eigenvalue weighted by Crippen LogP contribution is 2.29. The summed E-state index contributed by atoms with van der Waals surface area (Å²) < 4.78 is 1.31. The molecule has 1 fully saturated rings. The molecular weight excluding hydrogens is 304 g/mol. The van der Waals surface area contributed by atoms with E-state index in [2.05, 4.69) is 10.3 Å². The number of carbonyl (C=O) groups is 2. The minimum Gasteiger partial charge on any atom is -0.395 e. The van der Waals surface area contributed by atoms with Gasteiger partial charge in [0, 0.05) is 31.7 Å². The molecule has 122 valence electrons. The van der Waals surface area contributed by atoms with Gasteiger partial charge in [-0.1, -0.05) is 0 Å². The van der Waals surface area contributed by atoms with Crippen molar-refractivity contribution >= 4 is 23.6 Å². The van der Waals surface area contributed by atoms with E-state index >= 15 is 0 Å². The number of aliphatic hydroxyl groups is 1. The van der Waals surface area contributed by atoms with Gasteiger partial charge in [-0.2, -0.15) is 0 Å². The number of nitrogens with zero attached hydrogens (tertiary/aromatic N) is 3. The van der Waals surface area contributed by atoms with Gasteiger partial charge >= 0.3 is 0 Å². The number of hydrogen-bond acceptors (Lipinski definition) is 5. The highest BCUT2D eigenvalue weighted by atomic mass is 32.2. The zero-order valence-electron chi connectivity index (χ0n) is 13.1. The van der Waals surface area contributed by atoms with Crippen LogP contribution in [0, 0.1) is 0 Å². The molecule has 1 aromatic rings. The van der Waals surface area contributed by atoms with Crippen molar-refractivity contribution in [3.8, 4) is 0 Å². The number of aryl methyl sites for hydroxylation is 1. The summed E-state index contributed by atoms with van der Waals surface area (Å²) in [5, 5.41) is 12.0. The Bertz CT molecular complexity index is 558. The predicted octanol–water partition coefficient (Wildman–Crippen LogP) is -0.249. The lowest BCUT2D eigenvalue weighted by Gasteiger charge is -2.35. The van der Waals surface area contributed by atoms with E-state index in [1.54, 1.807) is 12.4 Å². The normalized spacial score (nSPS) is 20.5. The molecule has 0 bridgehead atoms. The minimum atomic E-state index is -0.558. The monoisotopic (exact) mass is 326 g/mol. The summed E-state index contributed by atoms with van der Waals surface area (Å²) in [6.07, 6.45) is 3.47. The summed E-state index contributed by atoms with van der Waals surface area (Å²) in [7, 11) is 1.85. The van der Waals surface area contributed by atoms with E-state index in [4.69, 9.17) is 0 Å². The van der Waals surface area contributed by atoms with Gasteiger partial charge in [0.05, 0.1) is 17.9 Å². The molecular formula is C14H22N4O3S. The van der Waals surface area contributed by atoms with Gasteiger partial charge in [-0.25, -0.2) is 4.98 Å². The maximum atomic E-state index is 12.6. The highest BCUT2D eigenvalue weighted by Gasteiger charge is 2.39. The largest absolute Gasteiger partial charge is 0.395 e. The fourth-order valence-electron chi connectivity index (χ4n) is 2.19. The Morgan fingerprint density at radius 3 is 2.91 bits per heavy atom. The Labute approximate surface area is 134 Å². The van der Waals surface area contributed by atoms with E-state index in [1.807, 2.05) is 25.5 Å². The molecule has 2 amide bonds. The van der Waals surface area contributed by atoms with Gasteiger partial charge in [0.2, 0.25) is 11.8 Å². The maximum absolute atomic E-state index is 12.6. The molecule has 1 aromatic heterocycles. The lowest BCUT2D eigenvalue weighted by Crippen LogP contribution is -2.58. The molecule has 0 spiro atoms. The topological polar surface area (TPSA) is 87.5 Å². The van der Waals surface area contributed by atoms with E-state index in [0.29, 0.717) is 12.3 Å². The van der Waals surface area contributed by atoms with E-state index in [1.165, 1.54) is 16.7 Å². The van der Waals surface area contributed by atoms with Gasteiger partial charge in [-0.05, 0) is 13.8 Å². The van der Waals surface area contributed by atoms with Gasteiger partial charge in [-0.3, -0.25) is 9.59 Å². The summed E-state index contributed by atoms with van der Waals surface area (Å²) in [6.45, 7) is 4.07. The average molecular weight is 326 g/mol. The quantitative estimate of drug-likeness (QED) is 0.779. The van der Waals surface area contributed by atoms with Gasteiger partial charge in [0.15, 0.2) is 0 Å². The second kappa shape index (κ2) is 6.70. The van der Waals surface area contributed by atoms with Crippen LogP contribution in [0.25, 0.3) is 0 Å². The third-order valence-electron chi connectivity index (χ3n) is 3.70. The molecule has 1 atom stereocenters. The molecule has 0 aromatic carbocycles. The van der Waals surface area contributed by atoms with Crippen molar-refractivity contribution in [2.75, 3.05) is 18.9 Å². The van der Waals surface area contributed by atoms with E-state index < -0.39 is 10.8 Å². The number of nitrogens with one attached hydrogen (secondary N) is 1. The Kier molecular flexibility index (Phi) is 5.12. The molecule has 0 aliphatic carbocycles. The molecule has 2 N–H and O–H groups in total. The standard InChI is InChI=1S/C14H22N4O3S/c1-14(2)13(21)16-10(9-22-14)12(20)18(6-7-19)8-11-15-4-5-17(11)3/h4-5,10,19H,6-9H2,1-3H3,(H,16,21). The van der Waals surface area contributed by atoms with Crippen LogP contribution in [0.1, 0.15) is 19.7 Å². The van der Waals surface area contributed by atoms with Crippen LogP contribution in [0.5, 0.6) is 0 Å². The molecule has 8 heteroatoms. The molecule has 0 saturated carbocycles. The molecule has 2 rings (SSSR count). The minimum absolute atomic E-state index is 0.129. The van der Waals surface area contributed by atoms with Crippen molar-refractivity contribution in [3.63, 3.8) is 0 Å². The van der Waals surface area contributed by atoms with Crippen LogP contribution in [0.3, 0.4) is 0 Å². The van der Waals surface area contributed by atoms with Crippen LogP contribution in [-0.2, 0) is 23.2 Å². The number of hydrogen-bond donors (Lipinski definition) is 2. The number of rotatable bonds is 5. The van der Waals surface area contributed by atoms with Crippen molar-refractivity contribution in [1.29, 1.82) is 0 Å². The number of imidazole rings is 1. The van der Waals surface area contributed by atoms with Crippen molar-refractivity contribution in [2.45, 2.75) is 31.2 Å². The average Bonchev–Trinajstić information content (AvgIpc) is 2.86. The fraction of sp³-hybridized carbons (Fsp3) is 0.643. The van der Waals surface area contributed by atoms with Gasteiger partial charge < -0.3 is 19.9 Å². The van der Waals surface area contributed by atoms with Crippen molar-refractivity contribution in [1.82, 2.24) is 19.8 Å². The molecule has 1 unspecified atom stereocenters. The van der Waals surface area contributed by atoms with Crippen LogP contribution in [0.4, 0.5) is 0 Å². The lowest BCUT2D eigenvalue weighted by molar-refractivity contribution is -0.137. The predicted molar refractivity (Wildman–Crippen MR) is 84.2 cm³/mol. The first-order valence-corrected chi connectivity index (χ1v) is 8.14. The van der Waals surface area contributed by atoms with Crippen molar-refractivity contribution < 1.29 is 14.7 Å². The first-order valence-electron chi connectivity index (χ1n) is 7.16. The molecule has 1 aliphatic heterocycles. The lowest BCUT2D eigenvalue weighted by atomic mass is 10.1.